The predicted molar refractivity (Wildman–Crippen MR) is 82.2 cm³/mol. The summed E-state index contributed by atoms with van der Waals surface area (Å²) in [7, 11) is 0. The van der Waals surface area contributed by atoms with Crippen molar-refractivity contribution in [3.8, 4) is 5.75 Å². The summed E-state index contributed by atoms with van der Waals surface area (Å²) in [4.78, 5) is 0. The SMILES string of the molecule is CC(N)(CCOc1ccccc1)c1ccccc1Br. The lowest BCUT2D eigenvalue weighted by molar-refractivity contribution is 0.266. The van der Waals surface area contributed by atoms with Crippen molar-refractivity contribution in [3.63, 3.8) is 0 Å². The molecule has 2 rings (SSSR count). The highest BCUT2D eigenvalue weighted by atomic mass is 79.9. The molecule has 2 N–H and O–H groups in total. The lowest BCUT2D eigenvalue weighted by Gasteiger charge is -2.26. The van der Waals surface area contributed by atoms with E-state index in [0.717, 1.165) is 22.2 Å². The summed E-state index contributed by atoms with van der Waals surface area (Å²) in [5.74, 6) is 0.880. The fraction of sp³-hybridized carbons (Fsp3) is 0.250. The predicted octanol–water partition coefficient (Wildman–Crippen LogP) is 4.09. The molecule has 1 atom stereocenters. The number of hydrogen-bond acceptors (Lipinski definition) is 2. The van der Waals surface area contributed by atoms with Gasteiger partial charge in [0.05, 0.1) is 6.61 Å². The molecule has 19 heavy (non-hydrogen) atoms. The van der Waals surface area contributed by atoms with E-state index in [9.17, 15) is 0 Å². The molecule has 1 unspecified atom stereocenters. The maximum atomic E-state index is 6.39. The lowest BCUT2D eigenvalue weighted by atomic mass is 9.90. The van der Waals surface area contributed by atoms with Crippen molar-refractivity contribution in [2.45, 2.75) is 18.9 Å². The number of nitrogens with two attached hydrogens (primary N) is 1. The molecule has 3 heteroatoms. The molecule has 100 valence electrons. The van der Waals surface area contributed by atoms with Crippen LogP contribution in [0.1, 0.15) is 18.9 Å². The minimum Gasteiger partial charge on any atom is -0.494 e. The number of rotatable bonds is 5. The Bertz CT molecular complexity index is 525. The van der Waals surface area contributed by atoms with Gasteiger partial charge in [-0.2, -0.15) is 0 Å². The zero-order valence-electron chi connectivity index (χ0n) is 11.0. The highest BCUT2D eigenvalue weighted by Gasteiger charge is 2.23. The van der Waals surface area contributed by atoms with Crippen LogP contribution in [-0.2, 0) is 5.54 Å². The van der Waals surface area contributed by atoms with Crippen molar-refractivity contribution in [2.24, 2.45) is 5.73 Å². The van der Waals surface area contributed by atoms with E-state index in [1.807, 2.05) is 61.5 Å². The van der Waals surface area contributed by atoms with Crippen molar-refractivity contribution in [1.82, 2.24) is 0 Å². The number of ether oxygens (including phenoxy) is 1. The second-order valence-electron chi connectivity index (χ2n) is 4.81. The van der Waals surface area contributed by atoms with Gasteiger partial charge in [-0.15, -0.1) is 0 Å². The Morgan fingerprint density at radius 3 is 2.37 bits per heavy atom. The maximum Gasteiger partial charge on any atom is 0.119 e. The van der Waals surface area contributed by atoms with E-state index in [1.54, 1.807) is 0 Å². The van der Waals surface area contributed by atoms with Crippen LogP contribution in [0.2, 0.25) is 0 Å². The van der Waals surface area contributed by atoms with Crippen LogP contribution in [0.5, 0.6) is 5.75 Å². The van der Waals surface area contributed by atoms with E-state index in [4.69, 9.17) is 10.5 Å². The number of para-hydroxylation sites is 1. The van der Waals surface area contributed by atoms with Crippen LogP contribution in [0.3, 0.4) is 0 Å². The molecule has 2 aromatic rings. The number of benzene rings is 2. The zero-order valence-corrected chi connectivity index (χ0v) is 12.6. The van der Waals surface area contributed by atoms with E-state index in [2.05, 4.69) is 15.9 Å². The summed E-state index contributed by atoms with van der Waals surface area (Å²) in [6, 6.07) is 17.9. The lowest BCUT2D eigenvalue weighted by Crippen LogP contribution is -2.35. The van der Waals surface area contributed by atoms with Gasteiger partial charge in [-0.05, 0) is 30.7 Å². The van der Waals surface area contributed by atoms with Gasteiger partial charge in [-0.25, -0.2) is 0 Å². The molecule has 2 nitrogen and oxygen atoms in total. The van der Waals surface area contributed by atoms with Gasteiger partial charge in [0.2, 0.25) is 0 Å². The monoisotopic (exact) mass is 319 g/mol. The minimum absolute atomic E-state index is 0.408. The fourth-order valence-electron chi connectivity index (χ4n) is 1.96. The Morgan fingerprint density at radius 1 is 1.05 bits per heavy atom. The summed E-state index contributed by atoms with van der Waals surface area (Å²) in [6.45, 7) is 2.62. The van der Waals surface area contributed by atoms with Gasteiger partial charge in [-0.1, -0.05) is 52.3 Å². The Balaban J connectivity index is 1.97. The van der Waals surface area contributed by atoms with Gasteiger partial charge in [-0.3, -0.25) is 0 Å². The third kappa shape index (κ3) is 3.82. The third-order valence-electron chi connectivity index (χ3n) is 3.12. The summed E-state index contributed by atoms with van der Waals surface area (Å²) in [5, 5.41) is 0. The quantitative estimate of drug-likeness (QED) is 0.900. The molecule has 0 aliphatic rings. The molecular weight excluding hydrogens is 302 g/mol. The van der Waals surface area contributed by atoms with E-state index in [0.29, 0.717) is 6.61 Å². The number of hydrogen-bond donors (Lipinski definition) is 1. The van der Waals surface area contributed by atoms with E-state index in [-0.39, 0.29) is 0 Å². The van der Waals surface area contributed by atoms with Gasteiger partial charge in [0.1, 0.15) is 5.75 Å². The minimum atomic E-state index is -0.408. The molecule has 0 saturated carbocycles. The van der Waals surface area contributed by atoms with Crippen LogP contribution >= 0.6 is 15.9 Å². The van der Waals surface area contributed by atoms with Gasteiger partial charge in [0, 0.05) is 16.4 Å². The first-order chi connectivity index (χ1) is 9.09. The second kappa shape index (κ2) is 6.22. The molecule has 0 aliphatic heterocycles. The van der Waals surface area contributed by atoms with Crippen LogP contribution < -0.4 is 10.5 Å². The van der Waals surface area contributed by atoms with E-state index < -0.39 is 5.54 Å². The molecule has 0 saturated heterocycles. The molecule has 0 bridgehead atoms. The fourth-order valence-corrected chi connectivity index (χ4v) is 2.69. The molecule has 2 aromatic carbocycles. The van der Waals surface area contributed by atoms with Crippen LogP contribution in [-0.4, -0.2) is 6.61 Å². The third-order valence-corrected chi connectivity index (χ3v) is 3.81. The summed E-state index contributed by atoms with van der Waals surface area (Å²) < 4.78 is 6.75. The molecule has 0 amide bonds. The van der Waals surface area contributed by atoms with Crippen molar-refractivity contribution in [1.29, 1.82) is 0 Å². The average molecular weight is 320 g/mol. The Kier molecular flexibility index (Phi) is 4.61. The standard InChI is InChI=1S/C16H18BrNO/c1-16(18,14-9-5-6-10-15(14)17)11-12-19-13-7-3-2-4-8-13/h2-10H,11-12,18H2,1H3. The van der Waals surface area contributed by atoms with Gasteiger partial charge >= 0.3 is 0 Å². The smallest absolute Gasteiger partial charge is 0.119 e. The van der Waals surface area contributed by atoms with E-state index in [1.165, 1.54) is 0 Å². The first-order valence-corrected chi connectivity index (χ1v) is 7.11. The first-order valence-electron chi connectivity index (χ1n) is 6.31. The van der Waals surface area contributed by atoms with E-state index >= 15 is 0 Å². The maximum absolute atomic E-state index is 6.39. The van der Waals surface area contributed by atoms with Gasteiger partial charge in [0.25, 0.3) is 0 Å². The Morgan fingerprint density at radius 2 is 1.68 bits per heavy atom. The summed E-state index contributed by atoms with van der Waals surface area (Å²) >= 11 is 3.55. The van der Waals surface area contributed by atoms with Crippen molar-refractivity contribution in [2.75, 3.05) is 6.61 Å². The Labute approximate surface area is 122 Å². The molecular formula is C16H18BrNO. The normalized spacial score (nSPS) is 13.8. The molecule has 0 aliphatic carbocycles. The zero-order chi connectivity index (χ0) is 13.7. The van der Waals surface area contributed by atoms with Crippen molar-refractivity contribution < 1.29 is 4.74 Å². The van der Waals surface area contributed by atoms with Crippen LogP contribution in [0, 0.1) is 0 Å². The number of halogens is 1. The van der Waals surface area contributed by atoms with Gasteiger partial charge < -0.3 is 10.5 Å². The average Bonchev–Trinajstić information content (AvgIpc) is 2.40. The molecule has 0 spiro atoms. The largest absolute Gasteiger partial charge is 0.494 e. The van der Waals surface area contributed by atoms with Crippen LogP contribution in [0.25, 0.3) is 0 Å². The molecule has 0 aromatic heterocycles. The van der Waals surface area contributed by atoms with Crippen molar-refractivity contribution in [3.05, 3.63) is 64.6 Å². The molecule has 0 fully saturated rings. The second-order valence-corrected chi connectivity index (χ2v) is 5.66. The summed E-state index contributed by atoms with van der Waals surface area (Å²) in [5.41, 5.74) is 7.09. The molecule has 0 radical (unpaired) electrons. The van der Waals surface area contributed by atoms with Crippen LogP contribution in [0.15, 0.2) is 59.1 Å². The van der Waals surface area contributed by atoms with Crippen LogP contribution in [0.4, 0.5) is 0 Å². The van der Waals surface area contributed by atoms with Crippen molar-refractivity contribution >= 4 is 15.9 Å². The van der Waals surface area contributed by atoms with Gasteiger partial charge in [0.15, 0.2) is 0 Å². The highest BCUT2D eigenvalue weighted by Crippen LogP contribution is 2.28. The summed E-state index contributed by atoms with van der Waals surface area (Å²) in [6.07, 6.45) is 0.754. The topological polar surface area (TPSA) is 35.2 Å². The molecule has 0 heterocycles. The Hall–Kier alpha value is -1.32. The first kappa shape index (κ1) is 14.1. The highest BCUT2D eigenvalue weighted by molar-refractivity contribution is 9.10.